The number of hydrogen-bond donors (Lipinski definition) is 1. The van der Waals surface area contributed by atoms with Crippen molar-refractivity contribution in [1.29, 1.82) is 0 Å². The van der Waals surface area contributed by atoms with Crippen LogP contribution in [0.15, 0.2) is 36.5 Å². The molecule has 1 aromatic heterocycles. The van der Waals surface area contributed by atoms with Crippen molar-refractivity contribution in [3.8, 4) is 0 Å². The summed E-state index contributed by atoms with van der Waals surface area (Å²) in [5.74, 6) is 0. The van der Waals surface area contributed by atoms with E-state index in [2.05, 4.69) is 40.2 Å². The highest BCUT2D eigenvalue weighted by Gasteiger charge is 2.27. The van der Waals surface area contributed by atoms with Gasteiger partial charge in [0.2, 0.25) is 0 Å². The fourth-order valence-electron chi connectivity index (χ4n) is 2.97. The van der Waals surface area contributed by atoms with E-state index < -0.39 is 0 Å². The molecule has 0 amide bonds. The van der Waals surface area contributed by atoms with Crippen LogP contribution in [0, 0.1) is 0 Å². The van der Waals surface area contributed by atoms with Crippen LogP contribution in [0.1, 0.15) is 17.3 Å². The van der Waals surface area contributed by atoms with Crippen molar-refractivity contribution in [2.75, 3.05) is 26.2 Å². The van der Waals surface area contributed by atoms with E-state index in [1.54, 1.807) is 0 Å². The monoisotopic (exact) mass is 323 g/mol. The summed E-state index contributed by atoms with van der Waals surface area (Å²) in [6.45, 7) is 4.03. The maximum absolute atomic E-state index is 6.48. The molecule has 0 radical (unpaired) electrons. The standard InChI is InChI=1S/C16H19Cl2N3/c1-20-8-2-3-15(20)16(21-9-6-19-7-10-21)13-5-4-12(17)11-14(13)18/h2-5,8,11,16,19H,6-7,9-10H2,1H3. The minimum Gasteiger partial charge on any atom is -0.353 e. The lowest BCUT2D eigenvalue weighted by atomic mass is 10.0. The van der Waals surface area contributed by atoms with Gasteiger partial charge in [0.25, 0.3) is 0 Å². The van der Waals surface area contributed by atoms with Gasteiger partial charge in [0.05, 0.1) is 6.04 Å². The molecule has 0 spiro atoms. The predicted octanol–water partition coefficient (Wildman–Crippen LogP) is 3.33. The van der Waals surface area contributed by atoms with E-state index in [1.807, 2.05) is 18.2 Å². The first-order valence-electron chi connectivity index (χ1n) is 7.18. The van der Waals surface area contributed by atoms with Crippen molar-refractivity contribution in [1.82, 2.24) is 14.8 Å². The minimum absolute atomic E-state index is 0.164. The van der Waals surface area contributed by atoms with Gasteiger partial charge in [-0.2, -0.15) is 0 Å². The van der Waals surface area contributed by atoms with Gasteiger partial charge in [0, 0.05) is 55.2 Å². The first kappa shape index (κ1) is 14.9. The van der Waals surface area contributed by atoms with Crippen LogP contribution >= 0.6 is 23.2 Å². The molecule has 1 aliphatic rings. The van der Waals surface area contributed by atoms with Gasteiger partial charge >= 0.3 is 0 Å². The average molecular weight is 324 g/mol. The Balaban J connectivity index is 2.05. The second-order valence-corrected chi connectivity index (χ2v) is 6.24. The van der Waals surface area contributed by atoms with Crippen LogP contribution in [0.25, 0.3) is 0 Å². The molecule has 2 aromatic rings. The summed E-state index contributed by atoms with van der Waals surface area (Å²) in [5.41, 5.74) is 2.37. The van der Waals surface area contributed by atoms with Gasteiger partial charge in [-0.1, -0.05) is 29.3 Å². The highest BCUT2D eigenvalue weighted by atomic mass is 35.5. The molecule has 1 aromatic carbocycles. The molecular weight excluding hydrogens is 305 g/mol. The molecule has 21 heavy (non-hydrogen) atoms. The molecule has 3 nitrogen and oxygen atoms in total. The maximum Gasteiger partial charge on any atom is 0.0771 e. The highest BCUT2D eigenvalue weighted by molar-refractivity contribution is 6.35. The number of nitrogens with one attached hydrogen (secondary N) is 1. The largest absolute Gasteiger partial charge is 0.353 e. The second-order valence-electron chi connectivity index (χ2n) is 5.40. The van der Waals surface area contributed by atoms with Crippen molar-refractivity contribution in [2.45, 2.75) is 6.04 Å². The Hall–Kier alpha value is -1.00. The molecular formula is C16H19Cl2N3. The molecule has 3 rings (SSSR count). The van der Waals surface area contributed by atoms with Crippen LogP contribution in [-0.4, -0.2) is 35.6 Å². The summed E-state index contributed by atoms with van der Waals surface area (Å²) >= 11 is 12.5. The van der Waals surface area contributed by atoms with Crippen molar-refractivity contribution in [3.05, 3.63) is 57.8 Å². The molecule has 1 unspecified atom stereocenters. The lowest BCUT2D eigenvalue weighted by Crippen LogP contribution is -2.45. The van der Waals surface area contributed by atoms with Gasteiger partial charge in [-0.3, -0.25) is 4.90 Å². The number of benzene rings is 1. The Labute approximate surface area is 135 Å². The number of rotatable bonds is 3. The molecule has 112 valence electrons. The Morgan fingerprint density at radius 3 is 2.52 bits per heavy atom. The van der Waals surface area contributed by atoms with E-state index in [9.17, 15) is 0 Å². The second kappa shape index (κ2) is 6.41. The van der Waals surface area contributed by atoms with Gasteiger partial charge in [-0.25, -0.2) is 0 Å². The fraction of sp³-hybridized carbons (Fsp3) is 0.375. The van der Waals surface area contributed by atoms with Crippen LogP contribution in [0.3, 0.4) is 0 Å². The molecule has 1 fully saturated rings. The Bertz CT molecular complexity index is 618. The Kier molecular flexibility index (Phi) is 4.55. The number of nitrogens with zero attached hydrogens (tertiary/aromatic N) is 2. The third-order valence-electron chi connectivity index (χ3n) is 4.04. The van der Waals surface area contributed by atoms with Crippen LogP contribution in [0.4, 0.5) is 0 Å². The lowest BCUT2D eigenvalue weighted by molar-refractivity contribution is 0.193. The average Bonchev–Trinajstić information content (AvgIpc) is 2.89. The SMILES string of the molecule is Cn1cccc1C(c1ccc(Cl)cc1Cl)N1CCNCC1. The topological polar surface area (TPSA) is 20.2 Å². The number of piperazine rings is 1. The van der Waals surface area contributed by atoms with E-state index in [1.165, 1.54) is 5.69 Å². The quantitative estimate of drug-likeness (QED) is 0.935. The van der Waals surface area contributed by atoms with Crippen molar-refractivity contribution < 1.29 is 0 Å². The van der Waals surface area contributed by atoms with Gasteiger partial charge in [-0.15, -0.1) is 0 Å². The predicted molar refractivity (Wildman–Crippen MR) is 88.2 cm³/mol. The van der Waals surface area contributed by atoms with Crippen molar-refractivity contribution in [3.63, 3.8) is 0 Å². The summed E-state index contributed by atoms with van der Waals surface area (Å²) in [7, 11) is 2.08. The van der Waals surface area contributed by atoms with E-state index in [0.717, 1.165) is 36.8 Å². The van der Waals surface area contributed by atoms with E-state index in [-0.39, 0.29) is 6.04 Å². The molecule has 1 atom stereocenters. The molecule has 1 aliphatic heterocycles. The zero-order chi connectivity index (χ0) is 14.8. The smallest absolute Gasteiger partial charge is 0.0771 e. The summed E-state index contributed by atoms with van der Waals surface area (Å²) in [4.78, 5) is 2.47. The zero-order valence-corrected chi connectivity index (χ0v) is 13.5. The van der Waals surface area contributed by atoms with E-state index in [0.29, 0.717) is 5.02 Å². The molecule has 0 bridgehead atoms. The fourth-order valence-corrected chi connectivity index (χ4v) is 3.48. The van der Waals surface area contributed by atoms with Crippen molar-refractivity contribution in [2.24, 2.45) is 7.05 Å². The molecule has 1 saturated heterocycles. The van der Waals surface area contributed by atoms with Crippen LogP contribution < -0.4 is 5.32 Å². The Morgan fingerprint density at radius 1 is 1.14 bits per heavy atom. The van der Waals surface area contributed by atoms with Crippen LogP contribution in [0.2, 0.25) is 10.0 Å². The van der Waals surface area contributed by atoms with Gasteiger partial charge in [0.15, 0.2) is 0 Å². The highest BCUT2D eigenvalue weighted by Crippen LogP contribution is 2.34. The van der Waals surface area contributed by atoms with Crippen LogP contribution in [0.5, 0.6) is 0 Å². The number of aromatic nitrogens is 1. The summed E-state index contributed by atoms with van der Waals surface area (Å²) in [6.07, 6.45) is 2.08. The van der Waals surface area contributed by atoms with Crippen molar-refractivity contribution >= 4 is 23.2 Å². The summed E-state index contributed by atoms with van der Waals surface area (Å²) in [6, 6.07) is 10.2. The zero-order valence-electron chi connectivity index (χ0n) is 12.0. The van der Waals surface area contributed by atoms with Crippen LogP contribution in [-0.2, 0) is 7.05 Å². The molecule has 1 N–H and O–H groups in total. The Morgan fingerprint density at radius 2 is 1.90 bits per heavy atom. The van der Waals surface area contributed by atoms with E-state index >= 15 is 0 Å². The van der Waals surface area contributed by atoms with Gasteiger partial charge in [-0.05, 0) is 29.8 Å². The third-order valence-corrected chi connectivity index (χ3v) is 4.60. The minimum atomic E-state index is 0.164. The van der Waals surface area contributed by atoms with E-state index in [4.69, 9.17) is 23.2 Å². The number of aryl methyl sites for hydroxylation is 1. The lowest BCUT2D eigenvalue weighted by Gasteiger charge is -2.36. The first-order chi connectivity index (χ1) is 10.2. The number of halogens is 2. The molecule has 0 aliphatic carbocycles. The van der Waals surface area contributed by atoms with Gasteiger partial charge in [0.1, 0.15) is 0 Å². The normalized spacial score (nSPS) is 17.9. The molecule has 0 saturated carbocycles. The number of hydrogen-bond acceptors (Lipinski definition) is 2. The maximum atomic E-state index is 6.48. The first-order valence-corrected chi connectivity index (χ1v) is 7.93. The summed E-state index contributed by atoms with van der Waals surface area (Å²) in [5, 5.41) is 4.81. The molecule has 5 heteroatoms. The molecule has 2 heterocycles. The summed E-state index contributed by atoms with van der Waals surface area (Å²) < 4.78 is 2.16. The van der Waals surface area contributed by atoms with Gasteiger partial charge < -0.3 is 9.88 Å². The third kappa shape index (κ3) is 3.11.